The van der Waals surface area contributed by atoms with E-state index < -0.39 is 41.3 Å². The summed E-state index contributed by atoms with van der Waals surface area (Å²) >= 11 is 0. The quantitative estimate of drug-likeness (QED) is 0.332. The maximum atomic E-state index is 14.3. The first-order chi connectivity index (χ1) is 30.0. The van der Waals surface area contributed by atoms with Crippen molar-refractivity contribution in [2.75, 3.05) is 59.0 Å². The van der Waals surface area contributed by atoms with E-state index in [4.69, 9.17) is 14.5 Å². The van der Waals surface area contributed by atoms with E-state index in [0.717, 1.165) is 69.0 Å². The number of ether oxygens (including phenoxy) is 2. The number of nitrogens with zero attached hydrogens (tertiary/aromatic N) is 6. The number of alkyl carbamates (subject to hydrolysis) is 1. The Kier molecular flexibility index (Phi) is 13.5. The zero-order chi connectivity index (χ0) is 44.8. The van der Waals surface area contributed by atoms with Gasteiger partial charge in [0.05, 0.1) is 30.1 Å². The molecule has 3 N–H and O–H groups in total. The van der Waals surface area contributed by atoms with Crippen LogP contribution in [0, 0.1) is 11.3 Å². The van der Waals surface area contributed by atoms with Crippen molar-refractivity contribution in [2.45, 2.75) is 156 Å². The lowest BCUT2D eigenvalue weighted by Gasteiger charge is -2.48. The number of esters is 1. The van der Waals surface area contributed by atoms with Gasteiger partial charge in [-0.15, -0.1) is 0 Å². The molecule has 1 aromatic rings. The van der Waals surface area contributed by atoms with Gasteiger partial charge in [-0.3, -0.25) is 34.3 Å². The molecule has 0 spiro atoms. The number of carbonyl (C=O) groups is 3. The summed E-state index contributed by atoms with van der Waals surface area (Å²) in [6.07, 6.45) is 13.6. The number of hydrogen-bond donors (Lipinski definition) is 3. The Morgan fingerprint density at radius 3 is 2.60 bits per heavy atom. The lowest BCUT2D eigenvalue weighted by Crippen LogP contribution is -2.62. The van der Waals surface area contributed by atoms with E-state index in [1.54, 1.807) is 20.8 Å². The Morgan fingerprint density at radius 1 is 1.05 bits per heavy atom. The van der Waals surface area contributed by atoms with Gasteiger partial charge >= 0.3 is 12.1 Å². The van der Waals surface area contributed by atoms with Crippen molar-refractivity contribution in [3.8, 4) is 0 Å². The molecule has 7 atom stereocenters. The molecule has 0 aromatic carbocycles. The molecule has 0 radical (unpaired) electrons. The Bertz CT molecular complexity index is 2040. The lowest BCUT2D eigenvalue weighted by molar-refractivity contribution is -0.155. The summed E-state index contributed by atoms with van der Waals surface area (Å²) in [5.41, 5.74) is 11.3. The van der Waals surface area contributed by atoms with Crippen molar-refractivity contribution in [2.24, 2.45) is 16.3 Å². The number of rotatable bonds is 5. The number of carbonyl (C=O) groups excluding carboxylic acids is 3. The predicted octanol–water partition coefficient (Wildman–Crippen LogP) is 5.34. The number of cyclic esters (lactones) is 1. The van der Waals surface area contributed by atoms with Gasteiger partial charge in [0.25, 0.3) is 5.91 Å². The van der Waals surface area contributed by atoms with E-state index in [-0.39, 0.29) is 24.5 Å². The van der Waals surface area contributed by atoms with Gasteiger partial charge in [-0.1, -0.05) is 33.3 Å². The first-order valence-corrected chi connectivity index (χ1v) is 24.0. The van der Waals surface area contributed by atoms with E-state index in [9.17, 15) is 19.5 Å². The summed E-state index contributed by atoms with van der Waals surface area (Å²) in [7, 11) is 0. The molecule has 5 unspecified atom stereocenters. The normalized spacial score (nSPS) is 30.3. The monoisotopic (exact) mass is 871 g/mol. The number of hydrogen-bond acceptors (Lipinski definition) is 11. The third kappa shape index (κ3) is 9.90. The number of fused-ring (bicyclic) bond motifs is 6. The average Bonchev–Trinajstić information content (AvgIpc) is 3.54. The number of nitrogens with one attached hydrogen (secondary N) is 2. The molecule has 1 aliphatic carbocycles. The molecule has 3 fully saturated rings. The summed E-state index contributed by atoms with van der Waals surface area (Å²) in [5, 5.41) is 15.9. The number of aliphatic hydroxyl groups excluding tert-OH is 1. The van der Waals surface area contributed by atoms with Gasteiger partial charge in [0.15, 0.2) is 0 Å². The molecule has 6 aliphatic heterocycles. The number of hydrazine groups is 1. The largest absolute Gasteiger partial charge is 0.464 e. The van der Waals surface area contributed by atoms with Crippen molar-refractivity contribution in [3.05, 3.63) is 45.4 Å². The summed E-state index contributed by atoms with van der Waals surface area (Å²) in [6, 6.07) is -0.916. The van der Waals surface area contributed by atoms with E-state index in [2.05, 4.69) is 76.1 Å². The molecule has 8 rings (SSSR count). The maximum absolute atomic E-state index is 14.3. The fourth-order valence-corrected chi connectivity index (χ4v) is 11.4. The van der Waals surface area contributed by atoms with Crippen LogP contribution in [0.25, 0.3) is 11.6 Å². The highest BCUT2D eigenvalue weighted by Gasteiger charge is 2.42. The zero-order valence-corrected chi connectivity index (χ0v) is 39.3. The van der Waals surface area contributed by atoms with Crippen LogP contribution in [0.5, 0.6) is 0 Å². The molecule has 7 aliphatic rings. The van der Waals surface area contributed by atoms with Crippen LogP contribution in [0.3, 0.4) is 0 Å². The average molecular weight is 871 g/mol. The van der Waals surface area contributed by atoms with Gasteiger partial charge in [0.2, 0.25) is 0 Å². The standard InChI is InChI=1S/C49H74N8O6/c1-9-56-40-18-17-33-24-36(40)37(44(56)42-31(2)41(26-50-43(42)32(3)58)55-23-22-54-20-11-10-15-35(54)28-55)25-49(7,8)30-62-46(60)38-16-13-21-57(52-38)45(59)39(51-47(61)63-48(4,5)6)29-53-19-12-14-34(33)27-53/h14,24,26,31-32,35,38-39,41,52,58H,9-13,15-23,25,27-30H2,1-8H3,(H,51,61)/t31?,32-,35?,38-,39?,41?/m0/s1. The van der Waals surface area contributed by atoms with E-state index in [1.165, 1.54) is 58.8 Å². The van der Waals surface area contributed by atoms with E-state index >= 15 is 0 Å². The topological polar surface area (TPSA) is 144 Å². The fourth-order valence-electron chi connectivity index (χ4n) is 11.4. The van der Waals surface area contributed by atoms with Crippen molar-refractivity contribution in [1.82, 2.24) is 35.0 Å². The minimum atomic E-state index is -0.897. The van der Waals surface area contributed by atoms with Crippen LogP contribution < -0.4 is 10.7 Å². The highest BCUT2D eigenvalue weighted by molar-refractivity contribution is 5.87. The van der Waals surface area contributed by atoms with Crippen LogP contribution in [0.1, 0.15) is 123 Å². The molecule has 14 nitrogen and oxygen atoms in total. The first-order valence-electron chi connectivity index (χ1n) is 24.0. The Hall–Kier alpha value is -3.82. The van der Waals surface area contributed by atoms with E-state index in [1.807, 2.05) is 6.92 Å². The SMILES string of the molecule is CCn1c2c3c(c1C1=C([C@H](C)O)N=CC(N4CCN5CCCCC5C4)C1C)CC(C)(C)COC(=O)[C@@H]1CCCN(N1)C(=O)C(NC(=O)OC(C)(C)C)CN1CCC=C(C1)C(=C3)CC2. The minimum Gasteiger partial charge on any atom is -0.464 e. The molecule has 1 aromatic heterocycles. The Balaban J connectivity index is 1.20. The van der Waals surface area contributed by atoms with Gasteiger partial charge in [0.1, 0.15) is 17.7 Å². The molecule has 3 saturated heterocycles. The summed E-state index contributed by atoms with van der Waals surface area (Å²) < 4.78 is 14.3. The second-order valence-corrected chi connectivity index (χ2v) is 21.0. The van der Waals surface area contributed by atoms with Gasteiger partial charge in [-0.25, -0.2) is 10.2 Å². The Labute approximate surface area is 375 Å². The van der Waals surface area contributed by atoms with Crippen molar-refractivity contribution in [1.29, 1.82) is 0 Å². The van der Waals surface area contributed by atoms with Crippen LogP contribution in [0.4, 0.5) is 4.79 Å². The molecule has 0 saturated carbocycles. The second kappa shape index (κ2) is 18.6. The number of aliphatic imine (C=N–C) groups is 1. The number of aromatic nitrogens is 1. The zero-order valence-electron chi connectivity index (χ0n) is 39.3. The molecule has 6 bridgehead atoms. The molecule has 14 heteroatoms. The highest BCUT2D eigenvalue weighted by Crippen LogP contribution is 2.45. The predicted molar refractivity (Wildman–Crippen MR) is 246 cm³/mol. The van der Waals surface area contributed by atoms with Gasteiger partial charge < -0.3 is 24.5 Å². The summed E-state index contributed by atoms with van der Waals surface area (Å²) in [5.74, 6) is -0.617. The number of piperidine rings is 1. The minimum absolute atomic E-state index is 0.0810. The molecule has 346 valence electrons. The molecule has 63 heavy (non-hydrogen) atoms. The number of piperazine rings is 1. The Morgan fingerprint density at radius 2 is 1.84 bits per heavy atom. The van der Waals surface area contributed by atoms with Crippen LogP contribution >= 0.6 is 0 Å². The summed E-state index contributed by atoms with van der Waals surface area (Å²) in [4.78, 5) is 54.2. The van der Waals surface area contributed by atoms with Crippen LogP contribution in [0.15, 0.2) is 27.9 Å². The molecular weight excluding hydrogens is 797 g/mol. The van der Waals surface area contributed by atoms with E-state index in [0.29, 0.717) is 44.9 Å². The smallest absolute Gasteiger partial charge is 0.408 e. The van der Waals surface area contributed by atoms with Gasteiger partial charge in [-0.2, -0.15) is 0 Å². The fraction of sp³-hybridized carbons (Fsp3) is 0.714. The van der Waals surface area contributed by atoms with Crippen molar-refractivity contribution < 1.29 is 29.0 Å². The number of amides is 2. The highest BCUT2D eigenvalue weighted by atomic mass is 16.6. The molecule has 7 heterocycles. The maximum Gasteiger partial charge on any atom is 0.408 e. The summed E-state index contributed by atoms with van der Waals surface area (Å²) in [6.45, 7) is 23.5. The lowest BCUT2D eigenvalue weighted by atomic mass is 9.78. The third-order valence-electron chi connectivity index (χ3n) is 14.4. The van der Waals surface area contributed by atoms with Crippen LogP contribution in [-0.2, 0) is 38.4 Å². The molecular formula is C49H74N8O6. The second-order valence-electron chi connectivity index (χ2n) is 21.0. The molecule has 2 amide bonds. The van der Waals surface area contributed by atoms with Gasteiger partial charge in [0, 0.05) is 87.2 Å². The first kappa shape index (κ1) is 45.7. The van der Waals surface area contributed by atoms with Crippen molar-refractivity contribution in [3.63, 3.8) is 0 Å². The third-order valence-corrected chi connectivity index (χ3v) is 14.4. The van der Waals surface area contributed by atoms with Crippen LogP contribution in [-0.4, -0.2) is 148 Å². The van der Waals surface area contributed by atoms with Crippen LogP contribution in [0.2, 0.25) is 0 Å². The van der Waals surface area contributed by atoms with Crippen molar-refractivity contribution >= 4 is 35.8 Å². The van der Waals surface area contributed by atoms with Gasteiger partial charge in [-0.05, 0) is 121 Å². The number of aliphatic hydroxyl groups is 1.